The molecule has 1 aliphatic heterocycles. The summed E-state index contributed by atoms with van der Waals surface area (Å²) in [4.78, 5) is 14.7. The lowest BCUT2D eigenvalue weighted by Crippen LogP contribution is -2.45. The molecule has 1 aliphatic rings. The minimum Gasteiger partial charge on any atom is -0.361 e. The van der Waals surface area contributed by atoms with Crippen LogP contribution in [0, 0.1) is 0 Å². The summed E-state index contributed by atoms with van der Waals surface area (Å²) in [6.45, 7) is 0.543. The number of amides is 1. The topological polar surface area (TPSA) is 29.5 Å². The molecule has 1 saturated heterocycles. The Hall–Kier alpha value is -2.33. The Morgan fingerprint density at radius 3 is 2.32 bits per heavy atom. The van der Waals surface area contributed by atoms with Crippen LogP contribution < -0.4 is 0 Å². The van der Waals surface area contributed by atoms with Gasteiger partial charge in [0, 0.05) is 16.6 Å². The van der Waals surface area contributed by atoms with Crippen molar-refractivity contribution in [2.24, 2.45) is 0 Å². The highest BCUT2D eigenvalue weighted by atomic mass is 35.5. The third-order valence-corrected chi connectivity index (χ3v) is 5.40. The Morgan fingerprint density at radius 2 is 1.61 bits per heavy atom. The minimum atomic E-state index is -0.318. The van der Waals surface area contributed by atoms with Gasteiger partial charge in [-0.2, -0.15) is 0 Å². The van der Waals surface area contributed by atoms with Gasteiger partial charge in [0.1, 0.15) is 12.7 Å². The molecule has 2 unspecified atom stereocenters. The van der Waals surface area contributed by atoms with Gasteiger partial charge in [0.15, 0.2) is 0 Å². The van der Waals surface area contributed by atoms with Crippen LogP contribution >= 0.6 is 23.2 Å². The summed E-state index contributed by atoms with van der Waals surface area (Å²) in [6, 6.07) is 24.9. The summed E-state index contributed by atoms with van der Waals surface area (Å²) in [5, 5.41) is 1.29. The molecule has 2 atom stereocenters. The van der Waals surface area contributed by atoms with E-state index in [1.165, 1.54) is 0 Å². The first-order chi connectivity index (χ1) is 13.6. The van der Waals surface area contributed by atoms with Crippen LogP contribution in [-0.4, -0.2) is 17.4 Å². The molecule has 1 heterocycles. The molecule has 1 fully saturated rings. The molecule has 1 amide bonds. The minimum absolute atomic E-state index is 0.0358. The van der Waals surface area contributed by atoms with E-state index in [4.69, 9.17) is 27.9 Å². The second-order valence-corrected chi connectivity index (χ2v) is 7.66. The molecule has 0 N–H and O–H groups in total. The molecule has 0 bridgehead atoms. The molecule has 0 aromatic heterocycles. The lowest BCUT2D eigenvalue weighted by atomic mass is 9.92. The number of morpholine rings is 1. The SMILES string of the molecule is O=C1COC(c2cccc(Cl)c2)C(c2ccc(Cl)cc2)N1Cc1ccccc1. The number of hydrogen-bond donors (Lipinski definition) is 0. The Kier molecular flexibility index (Phi) is 5.67. The number of rotatable bonds is 4. The molecule has 5 heteroatoms. The summed E-state index contributed by atoms with van der Waals surface area (Å²) in [6.07, 6.45) is -0.318. The standard InChI is InChI=1S/C23H19Cl2NO2/c24-19-11-9-17(10-12-19)22-23(18-7-4-8-20(25)13-18)28-15-21(27)26(22)14-16-5-2-1-3-6-16/h1-13,22-23H,14-15H2. The van der Waals surface area contributed by atoms with E-state index >= 15 is 0 Å². The van der Waals surface area contributed by atoms with Crippen molar-refractivity contribution in [2.75, 3.05) is 6.61 Å². The first-order valence-electron chi connectivity index (χ1n) is 9.08. The second-order valence-electron chi connectivity index (χ2n) is 6.79. The lowest BCUT2D eigenvalue weighted by molar-refractivity contribution is -0.159. The zero-order valence-electron chi connectivity index (χ0n) is 15.1. The maximum absolute atomic E-state index is 12.8. The third-order valence-electron chi connectivity index (χ3n) is 4.91. The Labute approximate surface area is 174 Å². The number of carbonyl (C=O) groups excluding carboxylic acids is 1. The van der Waals surface area contributed by atoms with Gasteiger partial charge in [-0.25, -0.2) is 0 Å². The number of nitrogens with zero attached hydrogens (tertiary/aromatic N) is 1. The van der Waals surface area contributed by atoms with E-state index in [0.717, 1.165) is 16.7 Å². The van der Waals surface area contributed by atoms with Crippen LogP contribution in [-0.2, 0) is 16.1 Å². The van der Waals surface area contributed by atoms with Gasteiger partial charge in [0.2, 0.25) is 5.91 Å². The van der Waals surface area contributed by atoms with Crippen molar-refractivity contribution in [3.05, 3.63) is 106 Å². The van der Waals surface area contributed by atoms with Crippen molar-refractivity contribution >= 4 is 29.1 Å². The van der Waals surface area contributed by atoms with Crippen molar-refractivity contribution in [1.29, 1.82) is 0 Å². The van der Waals surface area contributed by atoms with E-state index < -0.39 is 0 Å². The fourth-order valence-electron chi connectivity index (χ4n) is 3.60. The average Bonchev–Trinajstić information content (AvgIpc) is 2.71. The van der Waals surface area contributed by atoms with E-state index in [1.807, 2.05) is 83.8 Å². The van der Waals surface area contributed by atoms with Gasteiger partial charge in [-0.05, 0) is 41.0 Å². The molecule has 4 rings (SSSR count). The molecule has 28 heavy (non-hydrogen) atoms. The number of halogens is 2. The van der Waals surface area contributed by atoms with Crippen LogP contribution in [0.4, 0.5) is 0 Å². The lowest BCUT2D eigenvalue weighted by Gasteiger charge is -2.41. The van der Waals surface area contributed by atoms with E-state index in [2.05, 4.69) is 0 Å². The predicted molar refractivity (Wildman–Crippen MR) is 111 cm³/mol. The molecule has 0 aliphatic carbocycles. The van der Waals surface area contributed by atoms with Crippen LogP contribution in [0.3, 0.4) is 0 Å². The quantitative estimate of drug-likeness (QED) is 0.539. The van der Waals surface area contributed by atoms with Gasteiger partial charge in [-0.1, -0.05) is 77.8 Å². The first-order valence-corrected chi connectivity index (χ1v) is 9.83. The summed E-state index contributed by atoms with van der Waals surface area (Å²) < 4.78 is 6.01. The number of carbonyl (C=O) groups is 1. The molecule has 0 spiro atoms. The van der Waals surface area contributed by atoms with Crippen molar-refractivity contribution in [1.82, 2.24) is 4.90 Å². The van der Waals surface area contributed by atoms with Gasteiger partial charge in [0.25, 0.3) is 0 Å². The van der Waals surface area contributed by atoms with E-state index in [1.54, 1.807) is 0 Å². The average molecular weight is 412 g/mol. The fourth-order valence-corrected chi connectivity index (χ4v) is 3.92. The van der Waals surface area contributed by atoms with Crippen LogP contribution in [0.2, 0.25) is 10.0 Å². The Balaban J connectivity index is 1.77. The maximum Gasteiger partial charge on any atom is 0.249 e. The van der Waals surface area contributed by atoms with Crippen LogP contribution in [0.1, 0.15) is 28.8 Å². The van der Waals surface area contributed by atoms with Crippen molar-refractivity contribution < 1.29 is 9.53 Å². The molecule has 3 nitrogen and oxygen atoms in total. The monoisotopic (exact) mass is 411 g/mol. The highest BCUT2D eigenvalue weighted by Gasteiger charge is 2.38. The zero-order chi connectivity index (χ0) is 19.5. The molecular weight excluding hydrogens is 393 g/mol. The fraction of sp³-hybridized carbons (Fsp3) is 0.174. The molecule has 0 radical (unpaired) electrons. The Morgan fingerprint density at radius 1 is 0.857 bits per heavy atom. The zero-order valence-corrected chi connectivity index (χ0v) is 16.6. The number of ether oxygens (including phenoxy) is 1. The van der Waals surface area contributed by atoms with Crippen LogP contribution in [0.5, 0.6) is 0 Å². The number of benzene rings is 3. The van der Waals surface area contributed by atoms with Crippen molar-refractivity contribution in [3.8, 4) is 0 Å². The Bertz CT molecular complexity index is 960. The van der Waals surface area contributed by atoms with Crippen LogP contribution in [0.25, 0.3) is 0 Å². The summed E-state index contributed by atoms with van der Waals surface area (Å²) in [5.74, 6) is -0.0397. The summed E-state index contributed by atoms with van der Waals surface area (Å²) in [7, 11) is 0. The van der Waals surface area contributed by atoms with Crippen molar-refractivity contribution in [2.45, 2.75) is 18.7 Å². The molecule has 3 aromatic rings. The van der Waals surface area contributed by atoms with Crippen molar-refractivity contribution in [3.63, 3.8) is 0 Å². The van der Waals surface area contributed by atoms with Gasteiger partial charge < -0.3 is 9.64 Å². The largest absolute Gasteiger partial charge is 0.361 e. The van der Waals surface area contributed by atoms with Gasteiger partial charge in [-0.3, -0.25) is 4.79 Å². The van der Waals surface area contributed by atoms with Gasteiger partial charge in [-0.15, -0.1) is 0 Å². The maximum atomic E-state index is 12.8. The first kappa shape index (κ1) is 19.0. The molecular formula is C23H19Cl2NO2. The van der Waals surface area contributed by atoms with E-state index in [0.29, 0.717) is 16.6 Å². The smallest absolute Gasteiger partial charge is 0.249 e. The summed E-state index contributed by atoms with van der Waals surface area (Å²) >= 11 is 12.3. The second kappa shape index (κ2) is 8.36. The predicted octanol–water partition coefficient (Wildman–Crippen LogP) is 5.83. The third kappa shape index (κ3) is 4.07. The van der Waals surface area contributed by atoms with Gasteiger partial charge in [0.05, 0.1) is 6.04 Å². The highest BCUT2D eigenvalue weighted by molar-refractivity contribution is 6.30. The normalized spacial score (nSPS) is 19.6. The molecule has 3 aromatic carbocycles. The highest BCUT2D eigenvalue weighted by Crippen LogP contribution is 2.41. The van der Waals surface area contributed by atoms with Gasteiger partial charge >= 0.3 is 0 Å². The van der Waals surface area contributed by atoms with Crippen LogP contribution in [0.15, 0.2) is 78.9 Å². The van der Waals surface area contributed by atoms with E-state index in [-0.39, 0.29) is 24.7 Å². The molecule has 0 saturated carbocycles. The number of hydrogen-bond acceptors (Lipinski definition) is 2. The molecule has 142 valence electrons. The summed E-state index contributed by atoms with van der Waals surface area (Å²) in [5.41, 5.74) is 2.98. The van der Waals surface area contributed by atoms with E-state index in [9.17, 15) is 4.79 Å².